The van der Waals surface area contributed by atoms with Crippen LogP contribution < -0.4 is 19.3 Å². The SMILES string of the molecule is c1ccc2c(c1)Oc1cc(-n3c4ccccc4c4ccccc43)ccc1N2c1ccc2c3nccnc3c3ccc(N4c5ccccc5Oc5cc(-n6c7ccccc7c7ccccc76)ccc54)nc3c2n1. The molecule has 72 heavy (non-hydrogen) atoms. The van der Waals surface area contributed by atoms with E-state index in [-0.39, 0.29) is 0 Å². The first-order chi connectivity index (χ1) is 35.7. The van der Waals surface area contributed by atoms with Gasteiger partial charge in [-0.3, -0.25) is 19.8 Å². The lowest BCUT2D eigenvalue weighted by atomic mass is 10.1. The lowest BCUT2D eigenvalue weighted by Gasteiger charge is -2.33. The van der Waals surface area contributed by atoms with Gasteiger partial charge in [-0.2, -0.15) is 0 Å². The zero-order chi connectivity index (χ0) is 47.0. The molecule has 0 aliphatic carbocycles. The van der Waals surface area contributed by atoms with Crippen molar-refractivity contribution in [1.82, 2.24) is 29.1 Å². The van der Waals surface area contributed by atoms with Crippen molar-refractivity contribution in [1.29, 1.82) is 0 Å². The number of fused-ring (bicyclic) bond motifs is 16. The predicted octanol–water partition coefficient (Wildman–Crippen LogP) is 16.1. The van der Waals surface area contributed by atoms with E-state index >= 15 is 0 Å². The van der Waals surface area contributed by atoms with Crippen LogP contribution in [0.2, 0.25) is 0 Å². The van der Waals surface area contributed by atoms with E-state index in [1.54, 1.807) is 12.4 Å². The van der Waals surface area contributed by atoms with Crippen LogP contribution in [-0.2, 0) is 0 Å². The van der Waals surface area contributed by atoms with E-state index < -0.39 is 0 Å². The van der Waals surface area contributed by atoms with Crippen LogP contribution in [0.1, 0.15) is 0 Å². The largest absolute Gasteiger partial charge is 0.453 e. The van der Waals surface area contributed by atoms with E-state index in [1.165, 1.54) is 21.5 Å². The molecule has 5 aromatic heterocycles. The molecule has 0 amide bonds. The molecule has 16 rings (SSSR count). The molecule has 2 aliphatic rings. The monoisotopic (exact) mass is 924 g/mol. The maximum Gasteiger partial charge on any atom is 0.153 e. The second kappa shape index (κ2) is 14.7. The summed E-state index contributed by atoms with van der Waals surface area (Å²) in [5.41, 5.74) is 12.9. The van der Waals surface area contributed by atoms with Gasteiger partial charge >= 0.3 is 0 Å². The maximum absolute atomic E-state index is 6.78. The van der Waals surface area contributed by atoms with E-state index in [0.717, 1.165) is 101 Å². The Labute approximate surface area is 410 Å². The summed E-state index contributed by atoms with van der Waals surface area (Å²) in [7, 11) is 0. The van der Waals surface area contributed by atoms with Crippen molar-refractivity contribution in [3.05, 3.63) is 219 Å². The Kier molecular flexibility index (Phi) is 7.95. The molecule has 0 unspecified atom stereocenters. The fourth-order valence-electron chi connectivity index (χ4n) is 11.3. The summed E-state index contributed by atoms with van der Waals surface area (Å²) in [6.45, 7) is 0. The number of ether oxygens (including phenoxy) is 2. The minimum absolute atomic E-state index is 0.702. The van der Waals surface area contributed by atoms with Gasteiger partial charge in [0.05, 0.1) is 67.2 Å². The lowest BCUT2D eigenvalue weighted by molar-refractivity contribution is 0.476. The maximum atomic E-state index is 6.78. The zero-order valence-corrected chi connectivity index (χ0v) is 38.2. The summed E-state index contributed by atoms with van der Waals surface area (Å²) in [5.74, 6) is 4.31. The summed E-state index contributed by atoms with van der Waals surface area (Å²) in [5, 5.41) is 6.50. The minimum Gasteiger partial charge on any atom is -0.453 e. The fourth-order valence-corrected chi connectivity index (χ4v) is 11.3. The predicted molar refractivity (Wildman–Crippen MR) is 288 cm³/mol. The van der Waals surface area contributed by atoms with Gasteiger partial charge in [-0.1, -0.05) is 97.1 Å². The molecule has 0 atom stereocenters. The van der Waals surface area contributed by atoms with Crippen LogP contribution in [-0.4, -0.2) is 29.1 Å². The summed E-state index contributed by atoms with van der Waals surface area (Å²) in [6, 6.07) is 71.6. The standard InChI is InChI=1S/C62H36N8O2/c1-5-17-45-39(13-1)40-14-2-6-18-46(40)67(45)37-25-29-51-55(35-37)71-53-23-11-9-21-49(53)69(51)57-31-27-43-59-60(64-34-33-63-59)44-28-32-58(66-62(44)61(43)65-57)70-50-22-10-12-24-54(50)72-56-36-38(26-30-52(56)70)68-47-19-7-3-15-41(47)42-16-4-8-20-48(42)68/h1-36H. The van der Waals surface area contributed by atoms with Crippen LogP contribution in [0, 0.1) is 0 Å². The summed E-state index contributed by atoms with van der Waals surface area (Å²) >= 11 is 0. The minimum atomic E-state index is 0.702. The average Bonchev–Trinajstić information content (AvgIpc) is 3.96. The number of anilines is 6. The quantitative estimate of drug-likeness (QED) is 0.161. The van der Waals surface area contributed by atoms with E-state index in [2.05, 4.69) is 189 Å². The molecule has 0 bridgehead atoms. The molecule has 0 saturated carbocycles. The third-order valence-electron chi connectivity index (χ3n) is 14.3. The molecule has 9 aromatic carbocycles. The van der Waals surface area contributed by atoms with Crippen molar-refractivity contribution in [3.8, 4) is 34.4 Å². The highest BCUT2D eigenvalue weighted by Crippen LogP contribution is 2.53. The number of para-hydroxylation sites is 8. The van der Waals surface area contributed by atoms with E-state index in [9.17, 15) is 0 Å². The molecule has 2 aliphatic heterocycles. The third kappa shape index (κ3) is 5.48. The van der Waals surface area contributed by atoms with Gasteiger partial charge in [-0.15, -0.1) is 0 Å². The number of nitrogens with zero attached hydrogens (tertiary/aromatic N) is 8. The Morgan fingerprint density at radius 3 is 1.07 bits per heavy atom. The van der Waals surface area contributed by atoms with Crippen molar-refractivity contribution in [3.63, 3.8) is 0 Å². The van der Waals surface area contributed by atoms with Crippen molar-refractivity contribution in [2.24, 2.45) is 0 Å². The second-order valence-electron chi connectivity index (χ2n) is 18.2. The number of rotatable bonds is 4. The fraction of sp³-hybridized carbons (Fsp3) is 0. The highest BCUT2D eigenvalue weighted by molar-refractivity contribution is 6.21. The van der Waals surface area contributed by atoms with E-state index in [0.29, 0.717) is 22.7 Å². The van der Waals surface area contributed by atoms with Gasteiger partial charge in [0.2, 0.25) is 0 Å². The molecule has 10 heteroatoms. The molecule has 0 fully saturated rings. The Bertz CT molecular complexity index is 4240. The number of benzene rings is 9. The van der Waals surface area contributed by atoms with Crippen molar-refractivity contribution in [2.75, 3.05) is 9.80 Å². The van der Waals surface area contributed by atoms with Gasteiger partial charge in [0.1, 0.15) is 22.7 Å². The smallest absolute Gasteiger partial charge is 0.153 e. The van der Waals surface area contributed by atoms with Crippen LogP contribution >= 0.6 is 0 Å². The Morgan fingerprint density at radius 2 is 0.653 bits per heavy atom. The van der Waals surface area contributed by atoms with Gasteiger partial charge in [-0.05, 0) is 97.1 Å². The van der Waals surface area contributed by atoms with E-state index in [1.807, 2.05) is 36.4 Å². The van der Waals surface area contributed by atoms with Crippen LogP contribution in [0.15, 0.2) is 219 Å². The number of hydrogen-bond donors (Lipinski definition) is 0. The van der Waals surface area contributed by atoms with Crippen LogP contribution in [0.3, 0.4) is 0 Å². The molecular formula is C62H36N8O2. The average molecular weight is 925 g/mol. The number of aromatic nitrogens is 6. The normalized spacial score (nSPS) is 12.9. The highest BCUT2D eigenvalue weighted by atomic mass is 16.5. The zero-order valence-electron chi connectivity index (χ0n) is 38.2. The molecule has 0 saturated heterocycles. The highest BCUT2D eigenvalue weighted by Gasteiger charge is 2.31. The molecule has 336 valence electrons. The van der Waals surface area contributed by atoms with Crippen LogP contribution in [0.5, 0.6) is 23.0 Å². The number of pyridine rings is 2. The van der Waals surface area contributed by atoms with Crippen LogP contribution in [0.4, 0.5) is 34.4 Å². The van der Waals surface area contributed by atoms with Gasteiger partial charge in [0.15, 0.2) is 23.0 Å². The van der Waals surface area contributed by atoms with Gasteiger partial charge in [0.25, 0.3) is 0 Å². The first-order valence-electron chi connectivity index (χ1n) is 24.0. The van der Waals surface area contributed by atoms with E-state index in [4.69, 9.17) is 29.4 Å². The summed E-state index contributed by atoms with van der Waals surface area (Å²) in [4.78, 5) is 25.3. The molecular weight excluding hydrogens is 889 g/mol. The van der Waals surface area contributed by atoms with Gasteiger partial charge in [-0.25, -0.2) is 9.97 Å². The first kappa shape index (κ1) is 38.9. The van der Waals surface area contributed by atoms with Crippen LogP contribution in [0.25, 0.3) is 87.8 Å². The Morgan fingerprint density at radius 1 is 0.292 bits per heavy atom. The molecule has 0 N–H and O–H groups in total. The summed E-state index contributed by atoms with van der Waals surface area (Å²) < 4.78 is 18.2. The second-order valence-corrected chi connectivity index (χ2v) is 18.2. The number of hydrogen-bond acceptors (Lipinski definition) is 8. The topological polar surface area (TPSA) is 86.4 Å². The molecule has 10 nitrogen and oxygen atoms in total. The van der Waals surface area contributed by atoms with Crippen molar-refractivity contribution < 1.29 is 9.47 Å². The Balaban J connectivity index is 0.878. The summed E-state index contributed by atoms with van der Waals surface area (Å²) in [6.07, 6.45) is 3.48. The van der Waals surface area contributed by atoms with Gasteiger partial charge < -0.3 is 18.6 Å². The molecule has 14 aromatic rings. The van der Waals surface area contributed by atoms with Crippen molar-refractivity contribution >= 4 is 111 Å². The lowest BCUT2D eigenvalue weighted by Crippen LogP contribution is -2.18. The third-order valence-corrected chi connectivity index (χ3v) is 14.3. The molecule has 0 radical (unpaired) electrons. The Hall–Kier alpha value is -10.1. The van der Waals surface area contributed by atoms with Gasteiger partial charge in [0, 0.05) is 56.8 Å². The molecule has 0 spiro atoms. The van der Waals surface area contributed by atoms with Crippen molar-refractivity contribution in [2.45, 2.75) is 0 Å². The first-order valence-corrected chi connectivity index (χ1v) is 24.0. The molecule has 7 heterocycles.